The van der Waals surface area contributed by atoms with Crippen LogP contribution in [-0.2, 0) is 27.8 Å². The van der Waals surface area contributed by atoms with Crippen LogP contribution in [0.2, 0.25) is 0 Å². The van der Waals surface area contributed by atoms with Gasteiger partial charge in [-0.05, 0) is 59.3 Å². The Morgan fingerprint density at radius 3 is 2.65 bits per heavy atom. The standard InChI is InChI=1S/C24H29N5O4S/c30-24(25-12-4-13-28-14-9-18-5-1-2-6-20(18)17-28)19-10-15-29(16-11-19)34(31,32)22-8-3-7-21-23(22)27-33-26-21/h1-3,5-8,19H,4,9-17H2,(H,25,30). The number of nitrogens with one attached hydrogen (secondary N) is 1. The summed E-state index contributed by atoms with van der Waals surface area (Å²) in [5.41, 5.74) is 3.48. The number of sulfonamides is 1. The Hall–Kier alpha value is -2.82. The Bertz CT molecular complexity index is 1270. The molecule has 34 heavy (non-hydrogen) atoms. The van der Waals surface area contributed by atoms with Gasteiger partial charge in [0.2, 0.25) is 15.9 Å². The van der Waals surface area contributed by atoms with Gasteiger partial charge in [-0.15, -0.1) is 0 Å². The molecule has 1 saturated heterocycles. The van der Waals surface area contributed by atoms with Crippen LogP contribution >= 0.6 is 0 Å². The van der Waals surface area contributed by atoms with E-state index in [9.17, 15) is 13.2 Å². The van der Waals surface area contributed by atoms with Gasteiger partial charge in [0.25, 0.3) is 0 Å². The van der Waals surface area contributed by atoms with E-state index in [1.165, 1.54) is 21.5 Å². The molecule has 0 bridgehead atoms. The van der Waals surface area contributed by atoms with Crippen LogP contribution in [0.5, 0.6) is 0 Å². The molecule has 0 aliphatic carbocycles. The SMILES string of the molecule is O=C(NCCCN1CCc2ccccc2C1)C1CCN(S(=O)(=O)c2cccc3nonc23)CC1. The van der Waals surface area contributed by atoms with E-state index >= 15 is 0 Å². The largest absolute Gasteiger partial charge is 0.356 e. The number of rotatable bonds is 7. The van der Waals surface area contributed by atoms with Crippen LogP contribution in [0.4, 0.5) is 0 Å². The smallest absolute Gasteiger partial charge is 0.245 e. The quantitative estimate of drug-likeness (QED) is 0.513. The van der Waals surface area contributed by atoms with Gasteiger partial charge >= 0.3 is 0 Å². The number of benzene rings is 2. The van der Waals surface area contributed by atoms with Crippen molar-refractivity contribution in [2.45, 2.75) is 37.1 Å². The van der Waals surface area contributed by atoms with Crippen LogP contribution in [0.25, 0.3) is 11.0 Å². The number of piperidine rings is 1. The molecule has 2 aromatic carbocycles. The Morgan fingerprint density at radius 1 is 1.03 bits per heavy atom. The maximum Gasteiger partial charge on any atom is 0.245 e. The second kappa shape index (κ2) is 9.81. The van der Waals surface area contributed by atoms with Crippen molar-refractivity contribution in [2.75, 3.05) is 32.7 Å². The van der Waals surface area contributed by atoms with Crippen molar-refractivity contribution in [2.24, 2.45) is 5.92 Å². The monoisotopic (exact) mass is 483 g/mol. The number of hydrogen-bond acceptors (Lipinski definition) is 7. The molecule has 9 nitrogen and oxygen atoms in total. The van der Waals surface area contributed by atoms with Crippen LogP contribution < -0.4 is 5.32 Å². The van der Waals surface area contributed by atoms with Gasteiger partial charge in [0.05, 0.1) is 0 Å². The molecule has 1 fully saturated rings. The molecule has 0 saturated carbocycles. The Kier molecular flexibility index (Phi) is 6.62. The van der Waals surface area contributed by atoms with Gasteiger partial charge in [0.1, 0.15) is 10.4 Å². The van der Waals surface area contributed by atoms with E-state index in [0.717, 1.165) is 32.5 Å². The highest BCUT2D eigenvalue weighted by Crippen LogP contribution is 2.27. The zero-order valence-corrected chi connectivity index (χ0v) is 19.8. The van der Waals surface area contributed by atoms with Crippen molar-refractivity contribution in [1.82, 2.24) is 24.8 Å². The highest BCUT2D eigenvalue weighted by Gasteiger charge is 2.33. The van der Waals surface area contributed by atoms with Crippen LogP contribution in [-0.4, -0.2) is 66.6 Å². The van der Waals surface area contributed by atoms with E-state index in [-0.39, 0.29) is 22.2 Å². The van der Waals surface area contributed by atoms with E-state index in [4.69, 9.17) is 4.63 Å². The van der Waals surface area contributed by atoms with Crippen molar-refractivity contribution >= 4 is 27.0 Å². The second-order valence-electron chi connectivity index (χ2n) is 9.01. The predicted molar refractivity (Wildman–Crippen MR) is 126 cm³/mol. The van der Waals surface area contributed by atoms with E-state index in [2.05, 4.69) is 44.8 Å². The molecular weight excluding hydrogens is 454 g/mol. The summed E-state index contributed by atoms with van der Waals surface area (Å²) in [5.74, 6) is -0.151. The summed E-state index contributed by atoms with van der Waals surface area (Å²) in [6, 6.07) is 13.4. The minimum Gasteiger partial charge on any atom is -0.356 e. The fraction of sp³-hybridized carbons (Fsp3) is 0.458. The molecule has 3 aromatic rings. The van der Waals surface area contributed by atoms with Crippen molar-refractivity contribution in [3.63, 3.8) is 0 Å². The lowest BCUT2D eigenvalue weighted by molar-refractivity contribution is -0.126. The minimum atomic E-state index is -3.73. The van der Waals surface area contributed by atoms with E-state index in [1.54, 1.807) is 12.1 Å². The van der Waals surface area contributed by atoms with E-state index < -0.39 is 10.0 Å². The van der Waals surface area contributed by atoms with E-state index in [1.807, 2.05) is 0 Å². The van der Waals surface area contributed by atoms with Gasteiger partial charge in [-0.25, -0.2) is 13.0 Å². The van der Waals surface area contributed by atoms with Crippen LogP contribution in [0.3, 0.4) is 0 Å². The first-order valence-corrected chi connectivity index (χ1v) is 13.2. The second-order valence-corrected chi connectivity index (χ2v) is 10.9. The lowest BCUT2D eigenvalue weighted by atomic mass is 9.97. The predicted octanol–water partition coefficient (Wildman–Crippen LogP) is 2.19. The van der Waals surface area contributed by atoms with Crippen molar-refractivity contribution < 1.29 is 17.8 Å². The number of hydrogen-bond donors (Lipinski definition) is 1. The number of amides is 1. The molecule has 1 aromatic heterocycles. The van der Waals surface area contributed by atoms with Gasteiger partial charge in [-0.1, -0.05) is 30.3 Å². The number of carbonyl (C=O) groups is 1. The highest BCUT2D eigenvalue weighted by molar-refractivity contribution is 7.89. The minimum absolute atomic E-state index is 0.0174. The molecule has 1 amide bonds. The third kappa shape index (κ3) is 4.70. The molecule has 0 unspecified atom stereocenters. The maximum atomic E-state index is 13.1. The summed E-state index contributed by atoms with van der Waals surface area (Å²) in [6.45, 7) is 4.21. The molecule has 2 aliphatic rings. The van der Waals surface area contributed by atoms with Crippen molar-refractivity contribution in [3.8, 4) is 0 Å². The summed E-state index contributed by atoms with van der Waals surface area (Å²) in [6.07, 6.45) is 2.98. The number of fused-ring (bicyclic) bond motifs is 2. The number of carbonyl (C=O) groups excluding carboxylic acids is 1. The highest BCUT2D eigenvalue weighted by atomic mass is 32.2. The molecule has 3 heterocycles. The average Bonchev–Trinajstić information content (AvgIpc) is 3.35. The molecular formula is C24H29N5O4S. The average molecular weight is 484 g/mol. The first-order chi connectivity index (χ1) is 16.5. The van der Waals surface area contributed by atoms with Gasteiger partial charge in [-0.3, -0.25) is 9.69 Å². The van der Waals surface area contributed by atoms with Gasteiger partial charge in [0, 0.05) is 45.2 Å². The zero-order valence-electron chi connectivity index (χ0n) is 19.0. The molecule has 180 valence electrons. The molecule has 0 radical (unpaired) electrons. The summed E-state index contributed by atoms with van der Waals surface area (Å²) in [7, 11) is -3.73. The first kappa shape index (κ1) is 22.9. The molecule has 10 heteroatoms. The molecule has 2 aliphatic heterocycles. The molecule has 1 N–H and O–H groups in total. The molecule has 0 spiro atoms. The lowest BCUT2D eigenvalue weighted by Gasteiger charge is -2.31. The maximum absolute atomic E-state index is 13.1. The third-order valence-corrected chi connectivity index (χ3v) is 8.78. The normalized spacial score (nSPS) is 18.1. The topological polar surface area (TPSA) is 109 Å². The lowest BCUT2D eigenvalue weighted by Crippen LogP contribution is -2.43. The number of aromatic nitrogens is 2. The third-order valence-electron chi connectivity index (χ3n) is 6.85. The summed E-state index contributed by atoms with van der Waals surface area (Å²) in [5, 5.41) is 10.5. The summed E-state index contributed by atoms with van der Waals surface area (Å²) in [4.78, 5) is 15.2. The molecule has 0 atom stereocenters. The van der Waals surface area contributed by atoms with Crippen molar-refractivity contribution in [3.05, 3.63) is 53.6 Å². The number of nitrogens with zero attached hydrogens (tertiary/aromatic N) is 4. The van der Waals surface area contributed by atoms with E-state index in [0.29, 0.717) is 38.0 Å². The first-order valence-electron chi connectivity index (χ1n) is 11.8. The summed E-state index contributed by atoms with van der Waals surface area (Å²) >= 11 is 0. The van der Waals surface area contributed by atoms with Gasteiger partial charge in [-0.2, -0.15) is 4.31 Å². The zero-order chi connectivity index (χ0) is 23.5. The van der Waals surface area contributed by atoms with Crippen LogP contribution in [0.1, 0.15) is 30.4 Å². The Balaban J connectivity index is 1.07. The molecule has 5 rings (SSSR count). The fourth-order valence-electron chi connectivity index (χ4n) is 4.89. The van der Waals surface area contributed by atoms with Gasteiger partial charge in [0.15, 0.2) is 5.52 Å². The van der Waals surface area contributed by atoms with Crippen LogP contribution in [0, 0.1) is 5.92 Å². The summed E-state index contributed by atoms with van der Waals surface area (Å²) < 4.78 is 32.4. The van der Waals surface area contributed by atoms with Crippen LogP contribution in [0.15, 0.2) is 52.0 Å². The van der Waals surface area contributed by atoms with Crippen molar-refractivity contribution in [1.29, 1.82) is 0 Å². The Morgan fingerprint density at radius 2 is 1.82 bits per heavy atom. The fourth-order valence-corrected chi connectivity index (χ4v) is 6.50. The Labute approximate surface area is 199 Å². The van der Waals surface area contributed by atoms with Gasteiger partial charge < -0.3 is 5.32 Å².